The number of carboxylic acid groups (broad SMARTS) is 1. The minimum absolute atomic E-state index is 0.00599. The Balaban J connectivity index is 1.17. The number of alkyl carbamates (subject to hydrolysis) is 1. The van der Waals surface area contributed by atoms with Crippen LogP contribution in [-0.4, -0.2) is 130 Å². The van der Waals surface area contributed by atoms with Crippen LogP contribution in [0, 0.1) is 5.92 Å². The van der Waals surface area contributed by atoms with Gasteiger partial charge in [0, 0.05) is 45.4 Å². The number of amides is 4. The van der Waals surface area contributed by atoms with Gasteiger partial charge in [0.1, 0.15) is 34.6 Å². The fourth-order valence-electron chi connectivity index (χ4n) is 8.19. The average Bonchev–Trinajstić information content (AvgIpc) is 4.08. The number of aromatic nitrogens is 4. The van der Waals surface area contributed by atoms with Crippen molar-refractivity contribution in [3.8, 4) is 33.6 Å². The predicted molar refractivity (Wildman–Crippen MR) is 225 cm³/mol. The quantitative estimate of drug-likeness (QED) is 0.0857. The van der Waals surface area contributed by atoms with Gasteiger partial charge in [-0.1, -0.05) is 60.1 Å². The second-order valence-electron chi connectivity index (χ2n) is 15.6. The molecule has 61 heavy (non-hydrogen) atoms. The van der Waals surface area contributed by atoms with E-state index in [1.165, 1.54) is 21.3 Å². The number of benzene rings is 2. The number of carbonyl (C=O) groups excluding carboxylic acids is 3. The standard InChI is InChI=1S/C42H54ClN9O9/c1-22-8-17-31(52(22)39(54)42(44,24(3)60-6)50-41(57)61-7)36-45-19-30(46-36)28-13-9-26(10-14-28)27-11-15-29(16-12-27)34-35(43)49-37(47-34)32-18-25(21-58-4)20-51(32)38(53)33(23(2)59-5)48-40(55)56/h9-16,19,22-25,31-33,48H,8,17-18,20-21,44H2,1-7H3,(H,45,46)(H,47,49)(H,50,57)(H,55,56)/t22-,23+,24+,25-,31-,32-,33-,42-/m0/s1. The average molecular weight is 864 g/mol. The van der Waals surface area contributed by atoms with E-state index < -0.39 is 60.0 Å². The van der Waals surface area contributed by atoms with Crippen molar-refractivity contribution in [2.75, 3.05) is 41.6 Å². The highest BCUT2D eigenvalue weighted by molar-refractivity contribution is 6.31. The number of methoxy groups -OCH3 is 4. The van der Waals surface area contributed by atoms with Gasteiger partial charge in [-0.2, -0.15) is 0 Å². The van der Waals surface area contributed by atoms with Gasteiger partial charge in [-0.15, -0.1) is 0 Å². The first kappa shape index (κ1) is 45.0. The Kier molecular flexibility index (Phi) is 14.0. The molecule has 2 fully saturated rings. The van der Waals surface area contributed by atoms with Crippen LogP contribution >= 0.6 is 11.6 Å². The molecule has 4 heterocycles. The van der Waals surface area contributed by atoms with E-state index in [4.69, 9.17) is 41.3 Å². The first-order valence-electron chi connectivity index (χ1n) is 20.0. The molecule has 0 unspecified atom stereocenters. The van der Waals surface area contributed by atoms with Crippen LogP contribution in [0.3, 0.4) is 0 Å². The third-order valence-electron chi connectivity index (χ3n) is 11.8. The summed E-state index contributed by atoms with van der Waals surface area (Å²) in [7, 11) is 5.63. The van der Waals surface area contributed by atoms with Crippen LogP contribution in [-0.2, 0) is 28.5 Å². The van der Waals surface area contributed by atoms with Crippen molar-refractivity contribution in [1.82, 2.24) is 40.4 Å². The molecule has 0 radical (unpaired) electrons. The minimum Gasteiger partial charge on any atom is -0.465 e. The molecular formula is C42H54ClN9O9. The van der Waals surface area contributed by atoms with Crippen LogP contribution in [0.15, 0.2) is 54.7 Å². The molecule has 0 saturated carbocycles. The van der Waals surface area contributed by atoms with Gasteiger partial charge in [-0.3, -0.25) is 20.6 Å². The summed E-state index contributed by atoms with van der Waals surface area (Å²) < 4.78 is 20.9. The van der Waals surface area contributed by atoms with Crippen LogP contribution in [0.4, 0.5) is 9.59 Å². The lowest BCUT2D eigenvalue weighted by Crippen LogP contribution is -2.71. The molecule has 0 spiro atoms. The number of aromatic amines is 2. The molecule has 2 saturated heterocycles. The maximum atomic E-state index is 14.0. The molecule has 4 aromatic rings. The summed E-state index contributed by atoms with van der Waals surface area (Å²) in [5, 5.41) is 14.6. The molecule has 2 aromatic carbocycles. The van der Waals surface area contributed by atoms with Crippen molar-refractivity contribution in [2.24, 2.45) is 11.7 Å². The molecule has 6 rings (SSSR count). The van der Waals surface area contributed by atoms with Crippen LogP contribution in [0.5, 0.6) is 0 Å². The maximum absolute atomic E-state index is 14.0. The zero-order chi connectivity index (χ0) is 44.2. The lowest BCUT2D eigenvalue weighted by atomic mass is 10.0. The van der Waals surface area contributed by atoms with E-state index in [-0.39, 0.29) is 12.0 Å². The number of nitrogens with zero attached hydrogens (tertiary/aromatic N) is 4. The molecule has 328 valence electrons. The smallest absolute Gasteiger partial charge is 0.408 e. The number of rotatable bonds is 15. The Morgan fingerprint density at radius 1 is 0.934 bits per heavy atom. The van der Waals surface area contributed by atoms with Crippen LogP contribution in [0.25, 0.3) is 33.6 Å². The molecule has 2 aliphatic heterocycles. The number of imidazole rings is 2. The van der Waals surface area contributed by atoms with Crippen molar-refractivity contribution in [1.29, 1.82) is 0 Å². The highest BCUT2D eigenvalue weighted by Crippen LogP contribution is 2.40. The summed E-state index contributed by atoms with van der Waals surface area (Å²) in [6.07, 6.45) is -0.124. The van der Waals surface area contributed by atoms with E-state index in [1.54, 1.807) is 37.0 Å². The Morgan fingerprint density at radius 3 is 2.16 bits per heavy atom. The number of H-pyrrole nitrogens is 2. The first-order chi connectivity index (χ1) is 29.1. The molecular weight excluding hydrogens is 810 g/mol. The summed E-state index contributed by atoms with van der Waals surface area (Å²) in [4.78, 5) is 71.0. The largest absolute Gasteiger partial charge is 0.465 e. The van der Waals surface area contributed by atoms with Crippen molar-refractivity contribution in [3.63, 3.8) is 0 Å². The molecule has 0 aliphatic carbocycles. The van der Waals surface area contributed by atoms with E-state index in [9.17, 15) is 24.3 Å². The van der Waals surface area contributed by atoms with Gasteiger partial charge in [-0.25, -0.2) is 19.6 Å². The maximum Gasteiger partial charge on any atom is 0.408 e. The topological polar surface area (TPSA) is 239 Å². The lowest BCUT2D eigenvalue weighted by molar-refractivity contribution is -0.147. The van der Waals surface area contributed by atoms with Crippen LogP contribution < -0.4 is 16.4 Å². The summed E-state index contributed by atoms with van der Waals surface area (Å²) >= 11 is 6.74. The third-order valence-corrected chi connectivity index (χ3v) is 12.1. The van der Waals surface area contributed by atoms with Crippen molar-refractivity contribution in [3.05, 3.63) is 71.5 Å². The van der Waals surface area contributed by atoms with Crippen LogP contribution in [0.2, 0.25) is 5.15 Å². The number of carbonyl (C=O) groups is 4. The monoisotopic (exact) mass is 863 g/mol. The van der Waals surface area contributed by atoms with Gasteiger partial charge in [0.25, 0.3) is 5.91 Å². The summed E-state index contributed by atoms with van der Waals surface area (Å²) in [6, 6.07) is 13.6. The number of nitrogens with one attached hydrogen (secondary N) is 4. The number of ether oxygens (including phenoxy) is 4. The number of hydrogen-bond donors (Lipinski definition) is 6. The van der Waals surface area contributed by atoms with Gasteiger partial charge < -0.3 is 49.1 Å². The number of likely N-dealkylation sites (tertiary alicyclic amines) is 2. The van der Waals surface area contributed by atoms with Crippen molar-refractivity contribution in [2.45, 2.75) is 82.1 Å². The Labute approximate surface area is 358 Å². The molecule has 2 aliphatic rings. The summed E-state index contributed by atoms with van der Waals surface area (Å²) in [5.74, 6) is 0.140. The molecule has 7 N–H and O–H groups in total. The van der Waals surface area contributed by atoms with E-state index in [2.05, 4.69) is 25.6 Å². The van der Waals surface area contributed by atoms with E-state index in [0.29, 0.717) is 54.9 Å². The molecule has 2 aromatic heterocycles. The zero-order valence-corrected chi connectivity index (χ0v) is 36.0. The minimum atomic E-state index is -1.87. The number of hydrogen-bond acceptors (Lipinski definition) is 11. The molecule has 0 bridgehead atoms. The van der Waals surface area contributed by atoms with Gasteiger partial charge in [0.2, 0.25) is 5.91 Å². The van der Waals surface area contributed by atoms with E-state index >= 15 is 0 Å². The highest BCUT2D eigenvalue weighted by Gasteiger charge is 2.50. The second-order valence-corrected chi connectivity index (χ2v) is 15.9. The Bertz CT molecular complexity index is 2180. The summed E-state index contributed by atoms with van der Waals surface area (Å²) in [6.45, 7) is 5.93. The van der Waals surface area contributed by atoms with Gasteiger partial charge in [0.15, 0.2) is 5.66 Å². The molecule has 8 atom stereocenters. The third kappa shape index (κ3) is 9.38. The molecule has 19 heteroatoms. The van der Waals surface area contributed by atoms with Crippen LogP contribution in [0.1, 0.15) is 63.8 Å². The van der Waals surface area contributed by atoms with Gasteiger partial charge in [0.05, 0.1) is 43.8 Å². The SMILES string of the molecule is COC[C@H]1C[C@@H](c2nc(-c3ccc(-c4ccc(-c5cnc([C@@H]6CC[C@H](C)N6C(=O)[C@@](N)(NC(=O)OC)[C@@H](C)OC)[nH]5)cc4)cc3)c(Cl)[nH]2)N(C(=O)[C@@H](NC(=O)O)[C@@H](C)OC)C1. The Morgan fingerprint density at radius 2 is 1.57 bits per heavy atom. The molecule has 4 amide bonds. The number of nitrogens with two attached hydrogens (primary N) is 1. The highest BCUT2D eigenvalue weighted by atomic mass is 35.5. The lowest BCUT2D eigenvalue weighted by Gasteiger charge is -2.39. The van der Waals surface area contributed by atoms with E-state index in [0.717, 1.165) is 27.9 Å². The Hall–Kier alpha value is -5.53. The van der Waals surface area contributed by atoms with Gasteiger partial charge in [-0.05, 0) is 56.7 Å². The summed E-state index contributed by atoms with van der Waals surface area (Å²) in [5.41, 5.74) is 9.52. The normalized spacial score (nSPS) is 21.4. The molecule has 18 nitrogen and oxygen atoms in total. The zero-order valence-electron chi connectivity index (χ0n) is 35.2. The fourth-order valence-corrected chi connectivity index (χ4v) is 8.43. The van der Waals surface area contributed by atoms with Gasteiger partial charge >= 0.3 is 12.2 Å². The van der Waals surface area contributed by atoms with E-state index in [1.807, 2.05) is 55.5 Å². The van der Waals surface area contributed by atoms with Crippen molar-refractivity contribution >= 4 is 35.6 Å². The fraction of sp³-hybridized carbons (Fsp3) is 0.476. The predicted octanol–water partition coefficient (Wildman–Crippen LogP) is 5.09. The van der Waals surface area contributed by atoms with Crippen molar-refractivity contribution < 1.29 is 43.2 Å². The number of halogens is 1. The second kappa shape index (κ2) is 19.0. The first-order valence-corrected chi connectivity index (χ1v) is 20.3.